The second-order valence-electron chi connectivity index (χ2n) is 4.37. The van der Waals surface area contributed by atoms with E-state index in [1.807, 2.05) is 6.92 Å². The molecule has 0 aliphatic carbocycles. The van der Waals surface area contributed by atoms with Gasteiger partial charge in [-0.3, -0.25) is 4.72 Å². The number of ether oxygens (including phenoxy) is 1. The third-order valence-electron chi connectivity index (χ3n) is 2.71. The smallest absolute Gasteiger partial charge is 0.280 e. The number of aryl methyl sites for hydroxylation is 1. The van der Waals surface area contributed by atoms with E-state index in [0.717, 1.165) is 11.3 Å². The number of sulfonamides is 1. The Labute approximate surface area is 132 Å². The molecule has 21 heavy (non-hydrogen) atoms. The monoisotopic (exact) mass is 373 g/mol. The van der Waals surface area contributed by atoms with Gasteiger partial charge in [-0.05, 0) is 25.1 Å². The highest BCUT2D eigenvalue weighted by Crippen LogP contribution is 2.26. The summed E-state index contributed by atoms with van der Waals surface area (Å²) in [5.74, 6) is 0.732. The highest BCUT2D eigenvalue weighted by atomic mass is 79.9. The van der Waals surface area contributed by atoms with E-state index in [1.165, 1.54) is 12.5 Å². The zero-order valence-electron chi connectivity index (χ0n) is 11.7. The number of hydrogen-bond donors (Lipinski definition) is 1. The Morgan fingerprint density at radius 3 is 2.76 bits per heavy atom. The number of rotatable bonds is 6. The predicted molar refractivity (Wildman–Crippen MR) is 84.3 cm³/mol. The van der Waals surface area contributed by atoms with E-state index >= 15 is 0 Å². The van der Waals surface area contributed by atoms with Crippen LogP contribution in [0, 0.1) is 0 Å². The summed E-state index contributed by atoms with van der Waals surface area (Å²) in [5, 5.41) is 0.556. The number of nitrogens with zero attached hydrogens (tertiary/aromatic N) is 2. The van der Waals surface area contributed by atoms with Crippen LogP contribution in [0.3, 0.4) is 0 Å². The number of aromatic nitrogens is 2. The Hall–Kier alpha value is -1.54. The largest absolute Gasteiger partial charge is 0.494 e. The van der Waals surface area contributed by atoms with Crippen molar-refractivity contribution in [3.8, 4) is 5.75 Å². The Kier molecular flexibility index (Phi) is 4.89. The molecule has 0 aliphatic heterocycles. The number of alkyl halides is 1. The van der Waals surface area contributed by atoms with Crippen molar-refractivity contribution in [3.63, 3.8) is 0 Å². The Morgan fingerprint density at radius 2 is 2.19 bits per heavy atom. The zero-order valence-corrected chi connectivity index (χ0v) is 14.1. The molecule has 0 bridgehead atoms. The minimum absolute atomic E-state index is 0.0146. The molecule has 114 valence electrons. The number of nitrogens with one attached hydrogen (secondary N) is 1. The van der Waals surface area contributed by atoms with E-state index in [-0.39, 0.29) is 5.03 Å². The van der Waals surface area contributed by atoms with Crippen molar-refractivity contribution in [2.75, 3.05) is 11.3 Å². The van der Waals surface area contributed by atoms with Gasteiger partial charge in [0.1, 0.15) is 5.75 Å². The van der Waals surface area contributed by atoms with Crippen molar-refractivity contribution in [1.82, 2.24) is 9.55 Å². The van der Waals surface area contributed by atoms with Gasteiger partial charge >= 0.3 is 0 Å². The minimum Gasteiger partial charge on any atom is -0.494 e. The maximum Gasteiger partial charge on any atom is 0.280 e. The van der Waals surface area contributed by atoms with Gasteiger partial charge in [-0.15, -0.1) is 0 Å². The van der Waals surface area contributed by atoms with Gasteiger partial charge in [-0.1, -0.05) is 15.9 Å². The van der Waals surface area contributed by atoms with E-state index in [1.54, 1.807) is 29.8 Å². The third-order valence-corrected chi connectivity index (χ3v) is 4.58. The lowest BCUT2D eigenvalue weighted by Crippen LogP contribution is -2.13. The summed E-state index contributed by atoms with van der Waals surface area (Å²) in [7, 11) is -1.97. The second kappa shape index (κ2) is 6.48. The van der Waals surface area contributed by atoms with Crippen molar-refractivity contribution >= 4 is 31.6 Å². The maximum absolute atomic E-state index is 12.2. The molecule has 0 saturated heterocycles. The molecule has 0 saturated carbocycles. The zero-order chi connectivity index (χ0) is 15.5. The van der Waals surface area contributed by atoms with Crippen LogP contribution in [0.5, 0.6) is 5.75 Å². The van der Waals surface area contributed by atoms with E-state index in [4.69, 9.17) is 4.74 Å². The van der Waals surface area contributed by atoms with Crippen LogP contribution in [0.25, 0.3) is 0 Å². The van der Waals surface area contributed by atoms with Gasteiger partial charge in [0.25, 0.3) is 10.0 Å². The van der Waals surface area contributed by atoms with Crippen LogP contribution in [-0.2, 0) is 22.4 Å². The maximum atomic E-state index is 12.2. The van der Waals surface area contributed by atoms with Gasteiger partial charge < -0.3 is 9.30 Å². The summed E-state index contributed by atoms with van der Waals surface area (Å²) >= 11 is 3.37. The first-order chi connectivity index (χ1) is 9.96. The summed E-state index contributed by atoms with van der Waals surface area (Å²) < 4.78 is 34.0. The topological polar surface area (TPSA) is 73.2 Å². The van der Waals surface area contributed by atoms with Crippen molar-refractivity contribution < 1.29 is 13.2 Å². The lowest BCUT2D eigenvalue weighted by molar-refractivity contribution is 0.338. The molecule has 2 rings (SSSR count). The molecular formula is C13H16BrN3O3S. The molecule has 1 aromatic carbocycles. The molecule has 0 radical (unpaired) electrons. The quantitative estimate of drug-likeness (QED) is 0.789. The summed E-state index contributed by atoms with van der Waals surface area (Å²) in [6.45, 7) is 2.45. The molecule has 0 spiro atoms. The molecule has 0 atom stereocenters. The first-order valence-electron chi connectivity index (χ1n) is 6.28. The predicted octanol–water partition coefficient (Wildman–Crippen LogP) is 2.51. The fourth-order valence-electron chi connectivity index (χ4n) is 1.78. The molecular weight excluding hydrogens is 358 g/mol. The minimum atomic E-state index is -3.68. The molecule has 8 heteroatoms. The Bertz CT molecular complexity index is 728. The van der Waals surface area contributed by atoms with Crippen LogP contribution in [0.4, 0.5) is 5.69 Å². The van der Waals surface area contributed by atoms with E-state index in [9.17, 15) is 8.42 Å². The van der Waals surface area contributed by atoms with E-state index in [0.29, 0.717) is 17.6 Å². The first-order valence-corrected chi connectivity index (χ1v) is 8.89. The summed E-state index contributed by atoms with van der Waals surface area (Å²) in [6, 6.07) is 5.15. The van der Waals surface area contributed by atoms with Crippen molar-refractivity contribution in [2.24, 2.45) is 7.05 Å². The Balaban J connectivity index is 2.27. The molecule has 0 fully saturated rings. The summed E-state index contributed by atoms with van der Waals surface area (Å²) in [4.78, 5) is 3.85. The SMILES string of the molecule is CCOc1ccc(NS(=O)(=O)c2cn(C)cn2)cc1CBr. The van der Waals surface area contributed by atoms with Crippen LogP contribution in [0.1, 0.15) is 12.5 Å². The molecule has 0 aliphatic rings. The van der Waals surface area contributed by atoms with Crippen LogP contribution < -0.4 is 9.46 Å². The molecule has 0 unspecified atom stereocenters. The fourth-order valence-corrected chi connectivity index (χ4v) is 3.25. The molecule has 1 N–H and O–H groups in total. The molecule has 2 aromatic rings. The van der Waals surface area contributed by atoms with E-state index < -0.39 is 10.0 Å². The van der Waals surface area contributed by atoms with E-state index in [2.05, 4.69) is 25.6 Å². The number of anilines is 1. The lowest BCUT2D eigenvalue weighted by Gasteiger charge is -2.11. The van der Waals surface area contributed by atoms with Gasteiger partial charge in [0.05, 0.1) is 12.9 Å². The number of imidazole rings is 1. The summed E-state index contributed by atoms with van der Waals surface area (Å²) in [5.41, 5.74) is 1.34. The van der Waals surface area contributed by atoms with Crippen LogP contribution in [-0.4, -0.2) is 24.6 Å². The van der Waals surface area contributed by atoms with Crippen LogP contribution in [0.15, 0.2) is 35.7 Å². The van der Waals surface area contributed by atoms with Gasteiger partial charge in [-0.25, -0.2) is 4.98 Å². The van der Waals surface area contributed by atoms with Gasteiger partial charge in [-0.2, -0.15) is 8.42 Å². The molecule has 1 heterocycles. The van der Waals surface area contributed by atoms with Gasteiger partial charge in [0.2, 0.25) is 0 Å². The van der Waals surface area contributed by atoms with Crippen LogP contribution in [0.2, 0.25) is 0 Å². The first kappa shape index (κ1) is 15.8. The van der Waals surface area contributed by atoms with Gasteiger partial charge in [0.15, 0.2) is 5.03 Å². The highest BCUT2D eigenvalue weighted by Gasteiger charge is 2.17. The van der Waals surface area contributed by atoms with Crippen molar-refractivity contribution in [1.29, 1.82) is 0 Å². The van der Waals surface area contributed by atoms with Crippen LogP contribution >= 0.6 is 15.9 Å². The number of halogens is 1. The standard InChI is InChI=1S/C13H16BrN3O3S/c1-3-20-12-5-4-11(6-10(12)7-14)16-21(18,19)13-8-17(2)9-15-13/h4-6,8-9,16H,3,7H2,1-2H3. The van der Waals surface area contributed by atoms with Gasteiger partial charge in [0, 0.05) is 29.8 Å². The normalized spacial score (nSPS) is 11.4. The molecule has 0 amide bonds. The second-order valence-corrected chi connectivity index (χ2v) is 6.56. The highest BCUT2D eigenvalue weighted by molar-refractivity contribution is 9.08. The average Bonchev–Trinajstić information content (AvgIpc) is 2.88. The number of benzene rings is 1. The van der Waals surface area contributed by atoms with Crippen molar-refractivity contribution in [3.05, 3.63) is 36.3 Å². The summed E-state index contributed by atoms with van der Waals surface area (Å²) in [6.07, 6.45) is 2.89. The average molecular weight is 374 g/mol. The fraction of sp³-hybridized carbons (Fsp3) is 0.308. The van der Waals surface area contributed by atoms with Crippen molar-refractivity contribution in [2.45, 2.75) is 17.3 Å². The molecule has 6 nitrogen and oxygen atoms in total. The lowest BCUT2D eigenvalue weighted by atomic mass is 10.2. The molecule has 1 aromatic heterocycles. The third kappa shape index (κ3) is 3.76. The number of hydrogen-bond acceptors (Lipinski definition) is 4. The Morgan fingerprint density at radius 1 is 1.43 bits per heavy atom.